The molecule has 18 heavy (non-hydrogen) atoms. The maximum Gasteiger partial charge on any atom is 0.0373 e. The third-order valence-corrected chi connectivity index (χ3v) is 3.70. The molecule has 0 fully saturated rings. The van der Waals surface area contributed by atoms with Gasteiger partial charge in [-0.25, -0.2) is 0 Å². The first-order chi connectivity index (χ1) is 8.38. The molecule has 0 bridgehead atoms. The average molecular weight is 244 g/mol. The molecule has 2 rings (SSSR count). The summed E-state index contributed by atoms with van der Waals surface area (Å²) >= 11 is 0. The van der Waals surface area contributed by atoms with Gasteiger partial charge in [0.25, 0.3) is 0 Å². The Morgan fingerprint density at radius 2 is 2.00 bits per heavy atom. The molecule has 1 unspecified atom stereocenters. The predicted molar refractivity (Wildman–Crippen MR) is 77.5 cm³/mol. The highest BCUT2D eigenvalue weighted by molar-refractivity contribution is 5.66. The number of rotatable bonds is 1. The monoisotopic (exact) mass is 244 g/mol. The molecule has 0 spiro atoms. The van der Waals surface area contributed by atoms with Crippen molar-refractivity contribution in [2.45, 2.75) is 52.6 Å². The summed E-state index contributed by atoms with van der Waals surface area (Å²) in [6.45, 7) is 12.3. The largest absolute Gasteiger partial charge is 0.292 e. The molecule has 0 radical (unpaired) electrons. The maximum absolute atomic E-state index is 4.39. The first-order valence-electron chi connectivity index (χ1n) is 6.78. The molecular weight excluding hydrogens is 220 g/mol. The van der Waals surface area contributed by atoms with Gasteiger partial charge in [0.05, 0.1) is 0 Å². The van der Waals surface area contributed by atoms with E-state index in [9.17, 15) is 0 Å². The van der Waals surface area contributed by atoms with Gasteiger partial charge in [-0.05, 0) is 58.2 Å². The van der Waals surface area contributed by atoms with E-state index in [0.717, 1.165) is 18.7 Å². The van der Waals surface area contributed by atoms with Crippen LogP contribution in [-0.2, 0) is 0 Å². The highest BCUT2D eigenvalue weighted by Gasteiger charge is 2.28. The summed E-state index contributed by atoms with van der Waals surface area (Å²) in [7, 11) is 0. The molecule has 0 aromatic carbocycles. The first-order valence-corrected chi connectivity index (χ1v) is 6.78. The van der Waals surface area contributed by atoms with E-state index in [1.165, 1.54) is 11.1 Å². The molecule has 1 aliphatic rings. The fourth-order valence-electron chi connectivity index (χ4n) is 2.75. The van der Waals surface area contributed by atoms with Gasteiger partial charge in [0.1, 0.15) is 0 Å². The van der Waals surface area contributed by atoms with Crippen molar-refractivity contribution >= 4 is 5.57 Å². The number of nitrogens with zero attached hydrogens (tertiary/aromatic N) is 2. The van der Waals surface area contributed by atoms with Crippen LogP contribution in [0.5, 0.6) is 0 Å². The van der Waals surface area contributed by atoms with E-state index in [0.29, 0.717) is 6.04 Å². The number of hydrogen-bond acceptors (Lipinski definition) is 2. The Bertz CT molecular complexity index is 437. The maximum atomic E-state index is 4.39. The number of aryl methyl sites for hydroxylation is 1. The molecule has 0 amide bonds. The topological polar surface area (TPSA) is 16.1 Å². The number of pyridine rings is 1. The van der Waals surface area contributed by atoms with Crippen LogP contribution in [0.25, 0.3) is 5.57 Å². The van der Waals surface area contributed by atoms with Crippen LogP contribution in [0.3, 0.4) is 0 Å². The van der Waals surface area contributed by atoms with Crippen molar-refractivity contribution < 1.29 is 0 Å². The Kier molecular flexibility index (Phi) is 3.58. The fraction of sp³-hybridized carbons (Fsp3) is 0.562. The Labute approximate surface area is 111 Å². The van der Waals surface area contributed by atoms with Crippen molar-refractivity contribution in [2.24, 2.45) is 0 Å². The standard InChI is InChI=1S/C16H24N2/c1-12-6-7-15(11-17-12)14-8-9-18(13(2)10-14)16(3,4)5/h6-7,10-11,13H,8-9H2,1-5H3. The van der Waals surface area contributed by atoms with E-state index < -0.39 is 0 Å². The van der Waals surface area contributed by atoms with Crippen LogP contribution < -0.4 is 0 Å². The average Bonchev–Trinajstić information content (AvgIpc) is 2.28. The summed E-state index contributed by atoms with van der Waals surface area (Å²) in [5, 5.41) is 0. The van der Waals surface area contributed by atoms with Crippen LogP contribution in [0.4, 0.5) is 0 Å². The Morgan fingerprint density at radius 3 is 2.50 bits per heavy atom. The molecule has 1 atom stereocenters. The summed E-state index contributed by atoms with van der Waals surface area (Å²) in [5.74, 6) is 0. The lowest BCUT2D eigenvalue weighted by atomic mass is 9.93. The fourth-order valence-corrected chi connectivity index (χ4v) is 2.75. The lowest BCUT2D eigenvalue weighted by Gasteiger charge is -2.42. The molecule has 2 heteroatoms. The first kappa shape index (κ1) is 13.3. The molecule has 98 valence electrons. The second-order valence-electron chi connectivity index (χ2n) is 6.23. The summed E-state index contributed by atoms with van der Waals surface area (Å²) in [4.78, 5) is 6.95. The summed E-state index contributed by atoms with van der Waals surface area (Å²) in [6, 6.07) is 4.78. The minimum atomic E-state index is 0.243. The van der Waals surface area contributed by atoms with Gasteiger partial charge >= 0.3 is 0 Å². The van der Waals surface area contributed by atoms with Crippen molar-refractivity contribution in [1.82, 2.24) is 9.88 Å². The zero-order valence-electron chi connectivity index (χ0n) is 12.2. The Balaban J connectivity index is 2.21. The van der Waals surface area contributed by atoms with E-state index in [1.807, 2.05) is 13.1 Å². The van der Waals surface area contributed by atoms with Crippen molar-refractivity contribution in [1.29, 1.82) is 0 Å². The van der Waals surface area contributed by atoms with Gasteiger partial charge in [0, 0.05) is 30.0 Å². The molecule has 0 aliphatic carbocycles. The SMILES string of the molecule is Cc1ccc(C2=CC(C)N(C(C)(C)C)CC2)cn1. The van der Waals surface area contributed by atoms with Crippen LogP contribution in [0, 0.1) is 6.92 Å². The number of hydrogen-bond donors (Lipinski definition) is 0. The number of aromatic nitrogens is 1. The molecule has 2 nitrogen and oxygen atoms in total. The molecule has 0 saturated carbocycles. The molecule has 0 N–H and O–H groups in total. The highest BCUT2D eigenvalue weighted by atomic mass is 15.2. The molecule has 2 heterocycles. The molecule has 1 aromatic heterocycles. The van der Waals surface area contributed by atoms with Crippen LogP contribution >= 0.6 is 0 Å². The Morgan fingerprint density at radius 1 is 1.28 bits per heavy atom. The van der Waals surface area contributed by atoms with E-state index in [1.54, 1.807) is 0 Å². The summed E-state index contributed by atoms with van der Waals surface area (Å²) in [5.41, 5.74) is 4.04. The third-order valence-electron chi connectivity index (χ3n) is 3.70. The van der Waals surface area contributed by atoms with Gasteiger partial charge in [-0.3, -0.25) is 9.88 Å². The van der Waals surface area contributed by atoms with Gasteiger partial charge in [0.15, 0.2) is 0 Å². The second-order valence-corrected chi connectivity index (χ2v) is 6.23. The molecule has 1 aromatic rings. The Hall–Kier alpha value is -1.15. The van der Waals surface area contributed by atoms with Gasteiger partial charge < -0.3 is 0 Å². The zero-order chi connectivity index (χ0) is 13.3. The van der Waals surface area contributed by atoms with Crippen LogP contribution in [0.2, 0.25) is 0 Å². The van der Waals surface area contributed by atoms with Crippen molar-refractivity contribution in [3.8, 4) is 0 Å². The quantitative estimate of drug-likeness (QED) is 0.749. The normalized spacial score (nSPS) is 21.8. The van der Waals surface area contributed by atoms with E-state index in [-0.39, 0.29) is 5.54 Å². The van der Waals surface area contributed by atoms with Gasteiger partial charge in [-0.2, -0.15) is 0 Å². The van der Waals surface area contributed by atoms with Crippen LogP contribution in [-0.4, -0.2) is 28.0 Å². The summed E-state index contributed by atoms with van der Waals surface area (Å²) in [6.07, 6.45) is 5.51. The predicted octanol–water partition coefficient (Wildman–Crippen LogP) is 3.67. The van der Waals surface area contributed by atoms with Gasteiger partial charge in [-0.1, -0.05) is 12.1 Å². The van der Waals surface area contributed by atoms with Gasteiger partial charge in [0.2, 0.25) is 0 Å². The van der Waals surface area contributed by atoms with Crippen molar-refractivity contribution in [3.05, 3.63) is 35.7 Å². The minimum Gasteiger partial charge on any atom is -0.292 e. The second kappa shape index (κ2) is 4.85. The van der Waals surface area contributed by atoms with Gasteiger partial charge in [-0.15, -0.1) is 0 Å². The zero-order valence-corrected chi connectivity index (χ0v) is 12.2. The van der Waals surface area contributed by atoms with Crippen LogP contribution in [0.1, 0.15) is 45.4 Å². The summed E-state index contributed by atoms with van der Waals surface area (Å²) < 4.78 is 0. The third kappa shape index (κ3) is 2.81. The van der Waals surface area contributed by atoms with Crippen molar-refractivity contribution in [2.75, 3.05) is 6.54 Å². The lowest BCUT2D eigenvalue weighted by molar-refractivity contribution is 0.110. The van der Waals surface area contributed by atoms with Crippen molar-refractivity contribution in [3.63, 3.8) is 0 Å². The smallest absolute Gasteiger partial charge is 0.0373 e. The highest BCUT2D eigenvalue weighted by Crippen LogP contribution is 2.29. The van der Waals surface area contributed by atoms with E-state index in [4.69, 9.17) is 0 Å². The molecular formula is C16H24N2. The molecule has 1 aliphatic heterocycles. The van der Waals surface area contributed by atoms with Crippen LogP contribution in [0.15, 0.2) is 24.4 Å². The van der Waals surface area contributed by atoms with E-state index >= 15 is 0 Å². The minimum absolute atomic E-state index is 0.243. The lowest BCUT2D eigenvalue weighted by Crippen LogP contribution is -2.48. The van der Waals surface area contributed by atoms with E-state index in [2.05, 4.69) is 55.8 Å². The molecule has 0 saturated heterocycles.